The van der Waals surface area contributed by atoms with E-state index in [2.05, 4.69) is 32.6 Å². The van der Waals surface area contributed by atoms with Crippen molar-refractivity contribution in [3.63, 3.8) is 0 Å². The average molecular weight is 388 g/mol. The molecule has 0 fully saturated rings. The number of nitrogens with two attached hydrogens (primary N) is 2. The molecule has 0 aliphatic carbocycles. The molecule has 0 saturated heterocycles. The molecule has 7 nitrogen and oxygen atoms in total. The molecule has 0 unspecified atom stereocenters. The lowest BCUT2D eigenvalue weighted by Gasteiger charge is -2.15. The monoisotopic (exact) mass is 388 g/mol. The summed E-state index contributed by atoms with van der Waals surface area (Å²) in [4.78, 5) is 11.0. The van der Waals surface area contributed by atoms with E-state index in [1.54, 1.807) is 6.20 Å². The molecular formula is C22H24N6O. The molecule has 0 spiro atoms. The van der Waals surface area contributed by atoms with E-state index in [-0.39, 0.29) is 17.4 Å². The second kappa shape index (κ2) is 8.99. The first kappa shape index (κ1) is 20.0. The largest absolute Gasteiger partial charge is 0.436 e. The molecular weight excluding hydrogens is 364 g/mol. The van der Waals surface area contributed by atoms with Crippen LogP contribution in [0.15, 0.2) is 72.5 Å². The molecule has 0 aliphatic rings. The number of anilines is 1. The first-order valence-electron chi connectivity index (χ1n) is 9.05. The van der Waals surface area contributed by atoms with Gasteiger partial charge in [-0.2, -0.15) is 0 Å². The second-order valence-corrected chi connectivity index (χ2v) is 6.71. The van der Waals surface area contributed by atoms with Gasteiger partial charge in [0.2, 0.25) is 0 Å². The molecule has 0 amide bonds. The highest BCUT2D eigenvalue weighted by Gasteiger charge is 2.17. The van der Waals surface area contributed by atoms with Gasteiger partial charge in [0, 0.05) is 17.7 Å². The molecule has 4 N–H and O–H groups in total. The lowest BCUT2D eigenvalue weighted by atomic mass is 10.0. The number of benzene rings is 2. The molecule has 2 aromatic carbocycles. The predicted octanol–water partition coefficient (Wildman–Crippen LogP) is 3.10. The Morgan fingerprint density at radius 2 is 1.79 bits per heavy atom. The number of nitrogen functional groups attached to an aromatic ring is 1. The molecule has 148 valence electrons. The minimum atomic E-state index is 0.0517. The van der Waals surface area contributed by atoms with Gasteiger partial charge in [-0.25, -0.2) is 9.97 Å². The van der Waals surface area contributed by atoms with Crippen LogP contribution in [0, 0.1) is 0 Å². The zero-order valence-electron chi connectivity index (χ0n) is 16.5. The van der Waals surface area contributed by atoms with Gasteiger partial charge in [0.05, 0.1) is 11.9 Å². The van der Waals surface area contributed by atoms with Gasteiger partial charge in [-0.3, -0.25) is 0 Å². The third-order valence-electron chi connectivity index (χ3n) is 4.22. The van der Waals surface area contributed by atoms with Crippen molar-refractivity contribution in [3.8, 4) is 11.3 Å². The van der Waals surface area contributed by atoms with Crippen LogP contribution in [0.2, 0.25) is 0 Å². The Bertz CT molecular complexity index is 1030. The van der Waals surface area contributed by atoms with Crippen molar-refractivity contribution in [1.82, 2.24) is 14.9 Å². The number of hydrogen-bond acceptors (Lipinski definition) is 7. The number of aromatic nitrogens is 2. The van der Waals surface area contributed by atoms with Crippen LogP contribution in [0.5, 0.6) is 0 Å². The van der Waals surface area contributed by atoms with Crippen molar-refractivity contribution in [2.45, 2.75) is 6.54 Å². The predicted molar refractivity (Wildman–Crippen MR) is 117 cm³/mol. The summed E-state index contributed by atoms with van der Waals surface area (Å²) in [5.41, 5.74) is 9.83. The number of nitrogens with zero attached hydrogens (tertiary/aromatic N) is 4. The van der Waals surface area contributed by atoms with Crippen LogP contribution in [0.3, 0.4) is 0 Å². The summed E-state index contributed by atoms with van der Waals surface area (Å²) < 4.78 is 5.78. The number of hydrazone groups is 1. The van der Waals surface area contributed by atoms with E-state index in [1.807, 2.05) is 62.6 Å². The van der Waals surface area contributed by atoms with Gasteiger partial charge in [-0.1, -0.05) is 61.2 Å². The Morgan fingerprint density at radius 3 is 2.48 bits per heavy atom. The fourth-order valence-electron chi connectivity index (χ4n) is 2.87. The summed E-state index contributed by atoms with van der Waals surface area (Å²) in [5.74, 6) is 6.18. The smallest absolute Gasteiger partial charge is 0.265 e. The van der Waals surface area contributed by atoms with Gasteiger partial charge in [0.25, 0.3) is 5.90 Å². The highest BCUT2D eigenvalue weighted by atomic mass is 16.5. The maximum Gasteiger partial charge on any atom is 0.265 e. The minimum Gasteiger partial charge on any atom is -0.436 e. The van der Waals surface area contributed by atoms with Crippen LogP contribution in [0.4, 0.5) is 5.82 Å². The standard InChI is InChI=1S/C22H24N6O/c1-15(16-9-5-4-6-10-16)29-22(27-24)20-21(23)25-13-19(26-20)18-12-8-7-11-17(18)14-28(2)3/h4-13H,1,14,24H2,2-3H3,(H2,23,25)/b27-22-. The Kier molecular flexibility index (Phi) is 6.21. The first-order valence-corrected chi connectivity index (χ1v) is 9.05. The van der Waals surface area contributed by atoms with Crippen LogP contribution in [0.25, 0.3) is 17.0 Å². The average Bonchev–Trinajstić information content (AvgIpc) is 2.73. The van der Waals surface area contributed by atoms with E-state index < -0.39 is 0 Å². The molecule has 1 heterocycles. The quantitative estimate of drug-likeness (QED) is 0.221. The summed E-state index contributed by atoms with van der Waals surface area (Å²) in [6, 6.07) is 17.4. The first-order chi connectivity index (χ1) is 14.0. The minimum absolute atomic E-state index is 0.0517. The molecule has 3 rings (SSSR count). The molecule has 0 radical (unpaired) electrons. The van der Waals surface area contributed by atoms with Crippen molar-refractivity contribution in [2.75, 3.05) is 19.8 Å². The van der Waals surface area contributed by atoms with Gasteiger partial charge in [-0.15, -0.1) is 5.10 Å². The fraction of sp³-hybridized carbons (Fsp3) is 0.136. The van der Waals surface area contributed by atoms with Gasteiger partial charge >= 0.3 is 0 Å². The van der Waals surface area contributed by atoms with Crippen molar-refractivity contribution in [2.24, 2.45) is 10.9 Å². The van der Waals surface area contributed by atoms with E-state index in [1.165, 1.54) is 0 Å². The van der Waals surface area contributed by atoms with Crippen molar-refractivity contribution in [3.05, 3.63) is 84.2 Å². The molecule has 0 atom stereocenters. The lowest BCUT2D eigenvalue weighted by Crippen LogP contribution is -2.15. The van der Waals surface area contributed by atoms with Crippen LogP contribution < -0.4 is 11.6 Å². The fourth-order valence-corrected chi connectivity index (χ4v) is 2.87. The summed E-state index contributed by atoms with van der Waals surface area (Å²) in [7, 11) is 4.03. The van der Waals surface area contributed by atoms with Crippen molar-refractivity contribution < 1.29 is 4.74 Å². The Balaban J connectivity index is 1.96. The zero-order valence-corrected chi connectivity index (χ0v) is 16.5. The molecule has 3 aromatic rings. The highest BCUT2D eigenvalue weighted by molar-refractivity contribution is 5.99. The Morgan fingerprint density at radius 1 is 1.10 bits per heavy atom. The van der Waals surface area contributed by atoms with Crippen LogP contribution in [0.1, 0.15) is 16.8 Å². The molecule has 0 bridgehead atoms. The van der Waals surface area contributed by atoms with Crippen molar-refractivity contribution in [1.29, 1.82) is 0 Å². The summed E-state index contributed by atoms with van der Waals surface area (Å²) in [6.07, 6.45) is 1.63. The molecule has 0 aliphatic heterocycles. The lowest BCUT2D eigenvalue weighted by molar-refractivity contribution is 0.403. The molecule has 29 heavy (non-hydrogen) atoms. The Labute approximate surface area is 170 Å². The topological polar surface area (TPSA) is 103 Å². The van der Waals surface area contributed by atoms with Crippen LogP contribution in [-0.2, 0) is 11.3 Å². The van der Waals surface area contributed by atoms with E-state index >= 15 is 0 Å². The zero-order chi connectivity index (χ0) is 20.8. The number of ether oxygens (including phenoxy) is 1. The molecule has 1 aromatic heterocycles. The van der Waals surface area contributed by atoms with Crippen LogP contribution >= 0.6 is 0 Å². The normalized spacial score (nSPS) is 11.5. The SMILES string of the molecule is C=C(O/C(=N\N)c1nc(-c2ccccc2CN(C)C)cnc1N)c1ccccc1. The number of rotatable bonds is 6. The van der Waals surface area contributed by atoms with E-state index in [0.29, 0.717) is 11.5 Å². The molecule has 7 heteroatoms. The van der Waals surface area contributed by atoms with E-state index in [0.717, 1.165) is 23.2 Å². The van der Waals surface area contributed by atoms with E-state index in [4.69, 9.17) is 16.3 Å². The van der Waals surface area contributed by atoms with Crippen molar-refractivity contribution >= 4 is 17.5 Å². The van der Waals surface area contributed by atoms with Gasteiger partial charge < -0.3 is 21.2 Å². The third kappa shape index (κ3) is 4.77. The summed E-state index contributed by atoms with van der Waals surface area (Å²) >= 11 is 0. The summed E-state index contributed by atoms with van der Waals surface area (Å²) in [5, 5.41) is 3.73. The maximum atomic E-state index is 6.05. The molecule has 0 saturated carbocycles. The third-order valence-corrected chi connectivity index (χ3v) is 4.22. The maximum absolute atomic E-state index is 6.05. The van der Waals surface area contributed by atoms with Gasteiger partial charge in [0.15, 0.2) is 11.5 Å². The van der Waals surface area contributed by atoms with E-state index in [9.17, 15) is 0 Å². The van der Waals surface area contributed by atoms with Crippen LogP contribution in [-0.4, -0.2) is 34.9 Å². The number of hydrogen-bond donors (Lipinski definition) is 2. The second-order valence-electron chi connectivity index (χ2n) is 6.71. The summed E-state index contributed by atoms with van der Waals surface area (Å²) in [6.45, 7) is 4.70. The van der Waals surface area contributed by atoms with Gasteiger partial charge in [0.1, 0.15) is 5.76 Å². The highest BCUT2D eigenvalue weighted by Crippen LogP contribution is 2.25. The Hall–Kier alpha value is -3.71. The van der Waals surface area contributed by atoms with Gasteiger partial charge in [-0.05, 0) is 19.7 Å².